The SMILES string of the molecule is CC[C@@H](CC(=O)OC(C)(C)C)c1cccc(N)c1. The van der Waals surface area contributed by atoms with E-state index in [0.29, 0.717) is 6.42 Å². The average molecular weight is 249 g/mol. The molecule has 1 aromatic rings. The Morgan fingerprint density at radius 3 is 2.56 bits per heavy atom. The molecule has 2 N–H and O–H groups in total. The maximum absolute atomic E-state index is 11.8. The van der Waals surface area contributed by atoms with Crippen molar-refractivity contribution in [1.29, 1.82) is 0 Å². The molecule has 0 radical (unpaired) electrons. The van der Waals surface area contributed by atoms with Gasteiger partial charge in [0, 0.05) is 5.69 Å². The third-order valence-electron chi connectivity index (χ3n) is 2.71. The second kappa shape index (κ2) is 5.89. The van der Waals surface area contributed by atoms with Crippen molar-refractivity contribution >= 4 is 11.7 Å². The number of nitrogen functional groups attached to an aromatic ring is 1. The van der Waals surface area contributed by atoms with E-state index in [2.05, 4.69) is 6.92 Å². The Kier molecular flexibility index (Phi) is 4.76. The molecular weight excluding hydrogens is 226 g/mol. The molecular formula is C15H23NO2. The Bertz CT molecular complexity index is 407. The summed E-state index contributed by atoms with van der Waals surface area (Å²) in [5.41, 5.74) is 7.17. The minimum absolute atomic E-state index is 0.156. The lowest BCUT2D eigenvalue weighted by molar-refractivity contribution is -0.155. The molecule has 0 spiro atoms. The van der Waals surface area contributed by atoms with Gasteiger partial charge in [0.2, 0.25) is 0 Å². The van der Waals surface area contributed by atoms with E-state index in [1.807, 2.05) is 45.0 Å². The first-order valence-electron chi connectivity index (χ1n) is 6.39. The number of hydrogen-bond acceptors (Lipinski definition) is 3. The van der Waals surface area contributed by atoms with Gasteiger partial charge in [0.1, 0.15) is 5.60 Å². The molecule has 1 aromatic carbocycles. The first-order valence-corrected chi connectivity index (χ1v) is 6.39. The summed E-state index contributed by atoms with van der Waals surface area (Å²) in [6.45, 7) is 7.71. The van der Waals surface area contributed by atoms with Crippen LogP contribution in [0, 0.1) is 0 Å². The summed E-state index contributed by atoms with van der Waals surface area (Å²) in [6, 6.07) is 7.71. The van der Waals surface area contributed by atoms with Crippen molar-refractivity contribution in [3.05, 3.63) is 29.8 Å². The molecule has 0 bridgehead atoms. The number of benzene rings is 1. The largest absolute Gasteiger partial charge is 0.460 e. The van der Waals surface area contributed by atoms with Gasteiger partial charge in [0.25, 0.3) is 0 Å². The normalized spacial score (nSPS) is 13.1. The first kappa shape index (κ1) is 14.6. The summed E-state index contributed by atoms with van der Waals surface area (Å²) in [7, 11) is 0. The smallest absolute Gasteiger partial charge is 0.306 e. The van der Waals surface area contributed by atoms with Crippen LogP contribution in [0.4, 0.5) is 5.69 Å². The lowest BCUT2D eigenvalue weighted by Crippen LogP contribution is -2.24. The van der Waals surface area contributed by atoms with Crippen LogP contribution < -0.4 is 5.73 Å². The number of rotatable bonds is 4. The average Bonchev–Trinajstić information content (AvgIpc) is 2.23. The van der Waals surface area contributed by atoms with Gasteiger partial charge in [-0.1, -0.05) is 19.1 Å². The van der Waals surface area contributed by atoms with Gasteiger partial charge in [-0.3, -0.25) is 4.79 Å². The molecule has 0 unspecified atom stereocenters. The van der Waals surface area contributed by atoms with E-state index in [9.17, 15) is 4.79 Å². The summed E-state index contributed by atoms with van der Waals surface area (Å²) in [5, 5.41) is 0. The van der Waals surface area contributed by atoms with Gasteiger partial charge in [-0.2, -0.15) is 0 Å². The number of hydrogen-bond donors (Lipinski definition) is 1. The van der Waals surface area contributed by atoms with Crippen LogP contribution in [0.5, 0.6) is 0 Å². The van der Waals surface area contributed by atoms with Crippen molar-refractivity contribution in [1.82, 2.24) is 0 Å². The Hall–Kier alpha value is -1.51. The molecule has 0 aliphatic rings. The van der Waals surface area contributed by atoms with Crippen LogP contribution >= 0.6 is 0 Å². The molecule has 1 rings (SSSR count). The Labute approximate surface area is 109 Å². The van der Waals surface area contributed by atoms with Crippen LogP contribution in [0.1, 0.15) is 52.0 Å². The molecule has 0 fully saturated rings. The summed E-state index contributed by atoms with van der Waals surface area (Å²) in [4.78, 5) is 11.8. The van der Waals surface area contributed by atoms with Gasteiger partial charge < -0.3 is 10.5 Å². The molecule has 0 amide bonds. The highest BCUT2D eigenvalue weighted by Gasteiger charge is 2.20. The fourth-order valence-corrected chi connectivity index (χ4v) is 1.90. The quantitative estimate of drug-likeness (QED) is 0.656. The number of anilines is 1. The standard InChI is InChI=1S/C15H23NO2/c1-5-11(10-14(17)18-15(2,3)4)12-7-6-8-13(16)9-12/h6-9,11H,5,10,16H2,1-4H3/t11-/m0/s1. The molecule has 100 valence electrons. The van der Waals surface area contributed by atoms with Gasteiger partial charge in [0.15, 0.2) is 0 Å². The van der Waals surface area contributed by atoms with Crippen molar-refractivity contribution in [2.75, 3.05) is 5.73 Å². The first-order chi connectivity index (χ1) is 8.31. The van der Waals surface area contributed by atoms with Crippen molar-refractivity contribution in [2.45, 2.75) is 52.1 Å². The highest BCUT2D eigenvalue weighted by molar-refractivity contribution is 5.71. The van der Waals surface area contributed by atoms with Gasteiger partial charge in [-0.05, 0) is 50.8 Å². The molecule has 3 heteroatoms. The lowest BCUT2D eigenvalue weighted by Gasteiger charge is -2.22. The van der Waals surface area contributed by atoms with E-state index in [1.54, 1.807) is 0 Å². The van der Waals surface area contributed by atoms with E-state index in [4.69, 9.17) is 10.5 Å². The van der Waals surface area contributed by atoms with E-state index >= 15 is 0 Å². The zero-order valence-corrected chi connectivity index (χ0v) is 11.7. The monoisotopic (exact) mass is 249 g/mol. The highest BCUT2D eigenvalue weighted by Crippen LogP contribution is 2.26. The minimum Gasteiger partial charge on any atom is -0.460 e. The molecule has 0 heterocycles. The Morgan fingerprint density at radius 1 is 1.39 bits per heavy atom. The fraction of sp³-hybridized carbons (Fsp3) is 0.533. The van der Waals surface area contributed by atoms with Crippen LogP contribution in [0.15, 0.2) is 24.3 Å². The summed E-state index contributed by atoms with van der Waals surface area (Å²) >= 11 is 0. The molecule has 0 saturated heterocycles. The minimum atomic E-state index is -0.426. The number of nitrogens with two attached hydrogens (primary N) is 1. The zero-order chi connectivity index (χ0) is 13.8. The van der Waals surface area contributed by atoms with Gasteiger partial charge in [-0.25, -0.2) is 0 Å². The van der Waals surface area contributed by atoms with Crippen LogP contribution in [-0.4, -0.2) is 11.6 Å². The summed E-state index contributed by atoms with van der Waals surface area (Å²) in [6.07, 6.45) is 1.29. The number of carbonyl (C=O) groups is 1. The van der Waals surface area contributed by atoms with Crippen molar-refractivity contribution in [3.8, 4) is 0 Å². The number of carbonyl (C=O) groups excluding carboxylic acids is 1. The van der Waals surface area contributed by atoms with E-state index in [0.717, 1.165) is 17.7 Å². The third-order valence-corrected chi connectivity index (χ3v) is 2.71. The molecule has 0 aromatic heterocycles. The molecule has 0 aliphatic heterocycles. The van der Waals surface area contributed by atoms with Crippen molar-refractivity contribution in [2.24, 2.45) is 0 Å². The highest BCUT2D eigenvalue weighted by atomic mass is 16.6. The van der Waals surface area contributed by atoms with Gasteiger partial charge in [0.05, 0.1) is 6.42 Å². The molecule has 1 atom stereocenters. The molecule has 0 aliphatic carbocycles. The Balaban J connectivity index is 2.71. The van der Waals surface area contributed by atoms with Crippen molar-refractivity contribution < 1.29 is 9.53 Å². The molecule has 18 heavy (non-hydrogen) atoms. The van der Waals surface area contributed by atoms with E-state index in [1.165, 1.54) is 0 Å². The van der Waals surface area contributed by atoms with Crippen LogP contribution in [0.25, 0.3) is 0 Å². The van der Waals surface area contributed by atoms with Gasteiger partial charge >= 0.3 is 5.97 Å². The summed E-state index contributed by atoms with van der Waals surface area (Å²) in [5.74, 6) is 0.0140. The second-order valence-corrected chi connectivity index (χ2v) is 5.57. The lowest BCUT2D eigenvalue weighted by atomic mass is 9.93. The number of esters is 1. The van der Waals surface area contributed by atoms with E-state index in [-0.39, 0.29) is 11.9 Å². The topological polar surface area (TPSA) is 52.3 Å². The predicted molar refractivity (Wildman–Crippen MR) is 74.3 cm³/mol. The second-order valence-electron chi connectivity index (χ2n) is 5.57. The van der Waals surface area contributed by atoms with Crippen LogP contribution in [0.2, 0.25) is 0 Å². The van der Waals surface area contributed by atoms with E-state index < -0.39 is 5.60 Å². The maximum atomic E-state index is 11.8. The maximum Gasteiger partial charge on any atom is 0.306 e. The van der Waals surface area contributed by atoms with Crippen molar-refractivity contribution in [3.63, 3.8) is 0 Å². The van der Waals surface area contributed by atoms with Crippen LogP contribution in [0.3, 0.4) is 0 Å². The molecule has 3 nitrogen and oxygen atoms in total. The van der Waals surface area contributed by atoms with Crippen LogP contribution in [-0.2, 0) is 9.53 Å². The predicted octanol–water partition coefficient (Wildman–Crippen LogP) is 3.49. The van der Waals surface area contributed by atoms with Gasteiger partial charge in [-0.15, -0.1) is 0 Å². The summed E-state index contributed by atoms with van der Waals surface area (Å²) < 4.78 is 5.35. The fourth-order valence-electron chi connectivity index (χ4n) is 1.90. The Morgan fingerprint density at radius 2 is 2.06 bits per heavy atom. The third kappa shape index (κ3) is 4.78. The number of ether oxygens (including phenoxy) is 1. The molecule has 0 saturated carbocycles. The zero-order valence-electron chi connectivity index (χ0n) is 11.7.